The predicted molar refractivity (Wildman–Crippen MR) is 109 cm³/mol. The van der Waals surface area contributed by atoms with Gasteiger partial charge in [0.25, 0.3) is 0 Å². The smallest absolute Gasteiger partial charge is 0.339 e. The highest BCUT2D eigenvalue weighted by atomic mass is 16.5. The number of nitrogens with one attached hydrogen (secondary N) is 2. The molecule has 1 aliphatic rings. The molecule has 31 heavy (non-hydrogen) atoms. The van der Waals surface area contributed by atoms with Crippen LogP contribution in [-0.2, 0) is 14.3 Å². The lowest BCUT2D eigenvalue weighted by Gasteiger charge is -2.27. The molecule has 1 unspecified atom stereocenters. The van der Waals surface area contributed by atoms with Gasteiger partial charge in [-0.25, -0.2) is 14.4 Å². The third-order valence-corrected chi connectivity index (χ3v) is 4.69. The zero-order valence-electron chi connectivity index (χ0n) is 16.6. The van der Waals surface area contributed by atoms with Crippen molar-refractivity contribution in [2.75, 3.05) is 13.2 Å². The van der Waals surface area contributed by atoms with E-state index in [0.29, 0.717) is 22.2 Å². The van der Waals surface area contributed by atoms with Crippen LogP contribution in [0.25, 0.3) is 10.9 Å². The minimum absolute atomic E-state index is 0.101. The monoisotopic (exact) mass is 421 g/mol. The lowest BCUT2D eigenvalue weighted by atomic mass is 10.0. The molecule has 0 fully saturated rings. The molecule has 4 rings (SSSR count). The second-order valence-corrected chi connectivity index (χ2v) is 6.61. The molecule has 0 bridgehead atoms. The van der Waals surface area contributed by atoms with Crippen molar-refractivity contribution in [2.45, 2.75) is 13.0 Å². The minimum atomic E-state index is -0.877. The van der Waals surface area contributed by atoms with Crippen LogP contribution in [0, 0.1) is 0 Å². The third-order valence-electron chi connectivity index (χ3n) is 4.69. The number of ether oxygens (including phenoxy) is 2. The molecule has 3 aromatic rings. The molecule has 1 aliphatic heterocycles. The van der Waals surface area contributed by atoms with Crippen LogP contribution in [0.5, 0.6) is 0 Å². The summed E-state index contributed by atoms with van der Waals surface area (Å²) in [6.45, 7) is 1.47. The topological polar surface area (TPSA) is 120 Å². The van der Waals surface area contributed by atoms with Gasteiger partial charge in [-0.05, 0) is 37.3 Å². The summed E-state index contributed by atoms with van der Waals surface area (Å²) < 4.78 is 16.0. The summed E-state index contributed by atoms with van der Waals surface area (Å²) in [6.07, 6.45) is 3.06. The molecule has 2 amide bonds. The molecule has 0 spiro atoms. The molecule has 2 aromatic heterocycles. The Kier molecular flexibility index (Phi) is 5.65. The SMILES string of the molecule is CCOC(=O)C1=C(COC(=O)c2cccc3ncccc23)NC(=O)NC1c1ccco1. The molecule has 158 valence electrons. The number of nitrogens with zero attached hydrogens (tertiary/aromatic N) is 1. The summed E-state index contributed by atoms with van der Waals surface area (Å²) >= 11 is 0. The molecule has 0 saturated carbocycles. The van der Waals surface area contributed by atoms with Gasteiger partial charge < -0.3 is 24.5 Å². The van der Waals surface area contributed by atoms with Gasteiger partial charge in [0.2, 0.25) is 0 Å². The molecule has 0 saturated heterocycles. The van der Waals surface area contributed by atoms with Crippen molar-refractivity contribution in [2.24, 2.45) is 0 Å². The second kappa shape index (κ2) is 8.70. The molecule has 0 radical (unpaired) electrons. The van der Waals surface area contributed by atoms with Crippen molar-refractivity contribution < 1.29 is 28.3 Å². The number of hydrogen-bond donors (Lipinski definition) is 2. The van der Waals surface area contributed by atoms with Gasteiger partial charge in [0.1, 0.15) is 18.4 Å². The van der Waals surface area contributed by atoms with Crippen molar-refractivity contribution in [1.29, 1.82) is 0 Å². The van der Waals surface area contributed by atoms with Crippen LogP contribution >= 0.6 is 0 Å². The molecule has 9 heteroatoms. The van der Waals surface area contributed by atoms with E-state index in [1.54, 1.807) is 55.6 Å². The van der Waals surface area contributed by atoms with Gasteiger partial charge in [0.05, 0.1) is 35.2 Å². The highest BCUT2D eigenvalue weighted by Gasteiger charge is 2.35. The number of hydrogen-bond acceptors (Lipinski definition) is 7. The Morgan fingerprint density at radius 1 is 1.10 bits per heavy atom. The number of furan rings is 1. The van der Waals surface area contributed by atoms with Gasteiger partial charge in [-0.2, -0.15) is 0 Å². The number of benzene rings is 1. The standard InChI is InChI=1S/C22H19N3O6/c1-2-29-21(27)18-16(24-22(28)25-19(18)17-9-5-11-30-17)12-31-20(26)14-6-3-8-15-13(14)7-4-10-23-15/h3-11,19H,2,12H2,1H3,(H2,24,25,28). The van der Waals surface area contributed by atoms with Crippen LogP contribution < -0.4 is 10.6 Å². The Hall–Kier alpha value is -4.14. The number of pyridine rings is 1. The fourth-order valence-electron chi connectivity index (χ4n) is 3.35. The Balaban J connectivity index is 1.64. The van der Waals surface area contributed by atoms with Gasteiger partial charge in [-0.1, -0.05) is 12.1 Å². The number of aromatic nitrogens is 1. The normalized spacial score (nSPS) is 15.9. The van der Waals surface area contributed by atoms with Crippen molar-refractivity contribution in [3.8, 4) is 0 Å². The van der Waals surface area contributed by atoms with E-state index in [0.717, 1.165) is 0 Å². The summed E-state index contributed by atoms with van der Waals surface area (Å²) in [5.74, 6) is -0.921. The van der Waals surface area contributed by atoms with Gasteiger partial charge in [-0.15, -0.1) is 0 Å². The first-order valence-corrected chi connectivity index (χ1v) is 9.60. The number of esters is 2. The molecule has 2 N–H and O–H groups in total. The molecular weight excluding hydrogens is 402 g/mol. The van der Waals surface area contributed by atoms with Crippen LogP contribution in [0.1, 0.15) is 29.1 Å². The number of urea groups is 1. The van der Waals surface area contributed by atoms with Crippen LogP contribution in [0.4, 0.5) is 4.79 Å². The summed E-state index contributed by atoms with van der Waals surface area (Å²) in [5.41, 5.74) is 1.20. The number of amides is 2. The average Bonchev–Trinajstić information content (AvgIpc) is 3.31. The van der Waals surface area contributed by atoms with E-state index >= 15 is 0 Å². The van der Waals surface area contributed by atoms with Crippen molar-refractivity contribution in [3.05, 3.63) is 77.5 Å². The zero-order chi connectivity index (χ0) is 21.8. The highest BCUT2D eigenvalue weighted by Crippen LogP contribution is 2.28. The fraction of sp³-hybridized carbons (Fsp3) is 0.182. The van der Waals surface area contributed by atoms with E-state index in [9.17, 15) is 14.4 Å². The zero-order valence-corrected chi connectivity index (χ0v) is 16.6. The van der Waals surface area contributed by atoms with Crippen molar-refractivity contribution in [1.82, 2.24) is 15.6 Å². The van der Waals surface area contributed by atoms with E-state index in [2.05, 4.69) is 15.6 Å². The van der Waals surface area contributed by atoms with Crippen LogP contribution in [0.15, 0.2) is 70.6 Å². The Morgan fingerprint density at radius 3 is 2.74 bits per heavy atom. The molecule has 1 atom stereocenters. The first-order chi connectivity index (χ1) is 15.1. The van der Waals surface area contributed by atoms with Crippen LogP contribution in [0.3, 0.4) is 0 Å². The van der Waals surface area contributed by atoms with Gasteiger partial charge >= 0.3 is 18.0 Å². The van der Waals surface area contributed by atoms with Crippen molar-refractivity contribution in [3.63, 3.8) is 0 Å². The Morgan fingerprint density at radius 2 is 1.97 bits per heavy atom. The van der Waals surface area contributed by atoms with Crippen LogP contribution in [-0.4, -0.2) is 36.2 Å². The second-order valence-electron chi connectivity index (χ2n) is 6.61. The van der Waals surface area contributed by atoms with Gasteiger partial charge in [0, 0.05) is 11.6 Å². The number of rotatable bonds is 6. The fourth-order valence-corrected chi connectivity index (χ4v) is 3.35. The average molecular weight is 421 g/mol. The van der Waals surface area contributed by atoms with E-state index in [4.69, 9.17) is 13.9 Å². The number of carbonyl (C=O) groups excluding carboxylic acids is 3. The molecule has 0 aliphatic carbocycles. The lowest BCUT2D eigenvalue weighted by molar-refractivity contribution is -0.139. The van der Waals surface area contributed by atoms with E-state index < -0.39 is 24.0 Å². The summed E-state index contributed by atoms with van der Waals surface area (Å²) in [5, 5.41) is 5.81. The maximum Gasteiger partial charge on any atom is 0.339 e. The first-order valence-electron chi connectivity index (χ1n) is 9.60. The first kappa shape index (κ1) is 20.1. The minimum Gasteiger partial charge on any atom is -0.467 e. The largest absolute Gasteiger partial charge is 0.467 e. The molecular formula is C22H19N3O6. The molecule has 1 aromatic carbocycles. The van der Waals surface area contributed by atoms with Crippen LogP contribution in [0.2, 0.25) is 0 Å². The Bertz CT molecular complexity index is 1160. The summed E-state index contributed by atoms with van der Waals surface area (Å²) in [6, 6.07) is 10.4. The number of carbonyl (C=O) groups is 3. The molecule has 3 heterocycles. The van der Waals surface area contributed by atoms with E-state index in [1.807, 2.05) is 0 Å². The quantitative estimate of drug-likeness (QED) is 0.587. The highest BCUT2D eigenvalue weighted by molar-refractivity contribution is 6.03. The van der Waals surface area contributed by atoms with Gasteiger partial charge in [0.15, 0.2) is 0 Å². The summed E-state index contributed by atoms with van der Waals surface area (Å²) in [7, 11) is 0. The molecule has 9 nitrogen and oxygen atoms in total. The van der Waals surface area contributed by atoms with Gasteiger partial charge in [-0.3, -0.25) is 4.98 Å². The summed E-state index contributed by atoms with van der Waals surface area (Å²) in [4.78, 5) is 41.8. The lowest BCUT2D eigenvalue weighted by Crippen LogP contribution is -2.47. The van der Waals surface area contributed by atoms with E-state index in [-0.39, 0.29) is 24.5 Å². The van der Waals surface area contributed by atoms with E-state index in [1.165, 1.54) is 6.26 Å². The third kappa shape index (κ3) is 4.11. The predicted octanol–water partition coefficient (Wildman–Crippen LogP) is 2.86. The maximum absolute atomic E-state index is 12.8. The maximum atomic E-state index is 12.8. The van der Waals surface area contributed by atoms with Crippen molar-refractivity contribution >= 4 is 28.9 Å². The number of fused-ring (bicyclic) bond motifs is 1. The Labute approximate surface area is 177 Å².